The van der Waals surface area contributed by atoms with Gasteiger partial charge in [0.05, 0.1) is 7.11 Å². The Morgan fingerprint density at radius 1 is 1.29 bits per heavy atom. The molecule has 1 aromatic carbocycles. The molecule has 1 aliphatic rings. The molecule has 1 fully saturated rings. The van der Waals surface area contributed by atoms with Crippen LogP contribution in [0.3, 0.4) is 0 Å². The van der Waals surface area contributed by atoms with Crippen LogP contribution < -0.4 is 15.8 Å². The molecule has 0 aliphatic carbocycles. The van der Waals surface area contributed by atoms with E-state index in [0.29, 0.717) is 11.8 Å². The molecule has 2 aromatic rings. The molecular weight excluding hydrogens is 302 g/mol. The monoisotopic (exact) mass is 327 g/mol. The molecule has 24 heavy (non-hydrogen) atoms. The molecule has 0 amide bonds. The third kappa shape index (κ3) is 4.35. The predicted molar refractivity (Wildman–Crippen MR) is 96.7 cm³/mol. The first-order chi connectivity index (χ1) is 11.7. The molecule has 3 N–H and O–H groups in total. The second-order valence-corrected chi connectivity index (χ2v) is 6.11. The van der Waals surface area contributed by atoms with Crippen LogP contribution in [0.2, 0.25) is 0 Å². The van der Waals surface area contributed by atoms with Crippen LogP contribution in [0.5, 0.6) is 5.75 Å². The number of likely N-dealkylation sites (tertiary alicyclic amines) is 1. The number of benzene rings is 1. The van der Waals surface area contributed by atoms with Crippen LogP contribution in [0.1, 0.15) is 24.8 Å². The van der Waals surface area contributed by atoms with Crippen molar-refractivity contribution >= 4 is 17.5 Å². The van der Waals surface area contributed by atoms with Crippen LogP contribution in [0.15, 0.2) is 30.5 Å². The maximum Gasteiger partial charge on any atom is 0.229 e. The maximum atomic E-state index is 6.10. The minimum absolute atomic E-state index is 0.504. The molecule has 1 saturated heterocycles. The number of methoxy groups -OCH3 is 1. The zero-order chi connectivity index (χ0) is 16.8. The van der Waals surface area contributed by atoms with E-state index in [1.165, 1.54) is 25.9 Å². The van der Waals surface area contributed by atoms with Crippen molar-refractivity contribution in [1.82, 2.24) is 14.9 Å². The van der Waals surface area contributed by atoms with E-state index in [9.17, 15) is 0 Å². The molecule has 0 atom stereocenters. The van der Waals surface area contributed by atoms with Crippen molar-refractivity contribution in [2.24, 2.45) is 0 Å². The SMILES string of the molecule is COc1cccc(Nc2ncc(CCCN3CCCC3)c(N)n2)c1. The van der Waals surface area contributed by atoms with Gasteiger partial charge in [-0.15, -0.1) is 0 Å². The van der Waals surface area contributed by atoms with E-state index in [0.717, 1.165) is 36.4 Å². The van der Waals surface area contributed by atoms with Crippen molar-refractivity contribution in [3.05, 3.63) is 36.0 Å². The number of aromatic nitrogens is 2. The predicted octanol–water partition coefficient (Wildman–Crippen LogP) is 2.84. The molecule has 1 aliphatic heterocycles. The third-order valence-electron chi connectivity index (χ3n) is 4.34. The first kappa shape index (κ1) is 16.5. The summed E-state index contributed by atoms with van der Waals surface area (Å²) < 4.78 is 5.21. The first-order valence-electron chi connectivity index (χ1n) is 8.49. The van der Waals surface area contributed by atoms with Gasteiger partial charge in [-0.05, 0) is 57.5 Å². The summed E-state index contributed by atoms with van der Waals surface area (Å²) in [6.45, 7) is 3.59. The van der Waals surface area contributed by atoms with Crippen LogP contribution in [0, 0.1) is 0 Å². The molecule has 0 radical (unpaired) electrons. The summed E-state index contributed by atoms with van der Waals surface area (Å²) in [5.74, 6) is 1.84. The molecule has 6 heteroatoms. The van der Waals surface area contributed by atoms with Gasteiger partial charge in [-0.3, -0.25) is 0 Å². The Balaban J connectivity index is 1.57. The van der Waals surface area contributed by atoms with Crippen LogP contribution >= 0.6 is 0 Å². The summed E-state index contributed by atoms with van der Waals surface area (Å²) in [6.07, 6.45) is 6.50. The van der Waals surface area contributed by atoms with Gasteiger partial charge in [0.2, 0.25) is 5.95 Å². The fourth-order valence-corrected chi connectivity index (χ4v) is 3.00. The summed E-state index contributed by atoms with van der Waals surface area (Å²) in [6, 6.07) is 7.64. The van der Waals surface area contributed by atoms with Crippen molar-refractivity contribution < 1.29 is 4.74 Å². The highest BCUT2D eigenvalue weighted by Gasteiger charge is 2.11. The van der Waals surface area contributed by atoms with E-state index < -0.39 is 0 Å². The van der Waals surface area contributed by atoms with Crippen molar-refractivity contribution in [2.75, 3.05) is 37.8 Å². The van der Waals surface area contributed by atoms with Gasteiger partial charge in [-0.25, -0.2) is 4.98 Å². The lowest BCUT2D eigenvalue weighted by molar-refractivity contribution is 0.334. The third-order valence-corrected chi connectivity index (χ3v) is 4.34. The molecule has 0 spiro atoms. The van der Waals surface area contributed by atoms with Gasteiger partial charge in [0.15, 0.2) is 0 Å². The maximum absolute atomic E-state index is 6.10. The first-order valence-corrected chi connectivity index (χ1v) is 8.49. The van der Waals surface area contributed by atoms with Gasteiger partial charge in [-0.2, -0.15) is 4.98 Å². The van der Waals surface area contributed by atoms with E-state index in [2.05, 4.69) is 20.2 Å². The quantitative estimate of drug-likeness (QED) is 0.814. The largest absolute Gasteiger partial charge is 0.497 e. The molecule has 1 aromatic heterocycles. The normalized spacial score (nSPS) is 14.7. The van der Waals surface area contributed by atoms with Crippen LogP contribution in [-0.2, 0) is 6.42 Å². The van der Waals surface area contributed by atoms with E-state index in [4.69, 9.17) is 10.5 Å². The van der Waals surface area contributed by atoms with Gasteiger partial charge in [0.1, 0.15) is 11.6 Å². The lowest BCUT2D eigenvalue weighted by Gasteiger charge is -2.14. The van der Waals surface area contributed by atoms with Crippen molar-refractivity contribution in [1.29, 1.82) is 0 Å². The van der Waals surface area contributed by atoms with Gasteiger partial charge in [0.25, 0.3) is 0 Å². The van der Waals surface area contributed by atoms with E-state index in [1.807, 2.05) is 30.5 Å². The van der Waals surface area contributed by atoms with E-state index in [-0.39, 0.29) is 0 Å². The summed E-state index contributed by atoms with van der Waals surface area (Å²) >= 11 is 0. The second-order valence-electron chi connectivity index (χ2n) is 6.11. The summed E-state index contributed by atoms with van der Waals surface area (Å²) in [7, 11) is 1.64. The summed E-state index contributed by atoms with van der Waals surface area (Å²) in [5.41, 5.74) is 7.99. The van der Waals surface area contributed by atoms with Gasteiger partial charge in [0, 0.05) is 23.5 Å². The number of nitrogens with one attached hydrogen (secondary N) is 1. The van der Waals surface area contributed by atoms with Crippen molar-refractivity contribution in [2.45, 2.75) is 25.7 Å². The molecule has 6 nitrogen and oxygen atoms in total. The van der Waals surface area contributed by atoms with Gasteiger partial charge < -0.3 is 20.7 Å². The number of ether oxygens (including phenoxy) is 1. The molecule has 3 rings (SSSR count). The smallest absolute Gasteiger partial charge is 0.229 e. The molecular formula is C18H25N5O. The zero-order valence-corrected chi connectivity index (χ0v) is 14.2. The van der Waals surface area contributed by atoms with Gasteiger partial charge in [-0.1, -0.05) is 6.07 Å². The summed E-state index contributed by atoms with van der Waals surface area (Å²) in [4.78, 5) is 11.3. The number of hydrogen-bond acceptors (Lipinski definition) is 6. The van der Waals surface area contributed by atoms with Gasteiger partial charge >= 0.3 is 0 Å². The highest BCUT2D eigenvalue weighted by atomic mass is 16.5. The Hall–Kier alpha value is -2.34. The molecule has 0 saturated carbocycles. The topological polar surface area (TPSA) is 76.3 Å². The Labute approximate surface area is 143 Å². The van der Waals surface area contributed by atoms with Crippen LogP contribution in [0.4, 0.5) is 17.5 Å². The number of hydrogen-bond donors (Lipinski definition) is 2. The highest BCUT2D eigenvalue weighted by molar-refractivity contribution is 5.57. The highest BCUT2D eigenvalue weighted by Crippen LogP contribution is 2.21. The zero-order valence-electron chi connectivity index (χ0n) is 14.2. The summed E-state index contributed by atoms with van der Waals surface area (Å²) in [5, 5.41) is 3.16. The lowest BCUT2D eigenvalue weighted by Crippen LogP contribution is -2.20. The van der Waals surface area contributed by atoms with Crippen molar-refractivity contribution in [3.63, 3.8) is 0 Å². The Kier molecular flexibility index (Phi) is 5.48. The number of nitrogens with zero attached hydrogens (tertiary/aromatic N) is 3. The number of nitrogen functional groups attached to an aromatic ring is 1. The van der Waals surface area contributed by atoms with E-state index in [1.54, 1.807) is 7.11 Å². The average molecular weight is 327 g/mol. The molecule has 128 valence electrons. The van der Waals surface area contributed by atoms with Crippen LogP contribution in [0.25, 0.3) is 0 Å². The van der Waals surface area contributed by atoms with Crippen molar-refractivity contribution in [3.8, 4) is 5.75 Å². The standard InChI is InChI=1S/C18H25N5O/c1-24-16-8-4-7-15(12-16)21-18-20-13-14(17(19)22-18)6-5-11-23-9-2-3-10-23/h4,7-8,12-13H,2-3,5-6,9-11H2,1H3,(H3,19,20,21,22). The van der Waals surface area contributed by atoms with Crippen LogP contribution in [-0.4, -0.2) is 41.6 Å². The Morgan fingerprint density at radius 2 is 2.12 bits per heavy atom. The minimum atomic E-state index is 0.504. The number of rotatable bonds is 7. The molecule has 0 bridgehead atoms. The van der Waals surface area contributed by atoms with E-state index >= 15 is 0 Å². The lowest BCUT2D eigenvalue weighted by atomic mass is 10.1. The molecule has 0 unspecified atom stereocenters. The number of nitrogens with two attached hydrogens (primary N) is 1. The Bertz CT molecular complexity index is 670. The number of aryl methyl sites for hydroxylation is 1. The Morgan fingerprint density at radius 3 is 2.88 bits per heavy atom. The number of anilines is 3. The second kappa shape index (κ2) is 7.97. The fraction of sp³-hybridized carbons (Fsp3) is 0.444. The average Bonchev–Trinajstić information content (AvgIpc) is 3.10. The minimum Gasteiger partial charge on any atom is -0.497 e. The fourth-order valence-electron chi connectivity index (χ4n) is 3.00. The molecule has 2 heterocycles.